The van der Waals surface area contributed by atoms with E-state index in [0.29, 0.717) is 5.75 Å². The molecule has 0 heterocycles. The summed E-state index contributed by atoms with van der Waals surface area (Å²) < 4.78 is 0. The first kappa shape index (κ1) is 7.49. The molecule has 0 aromatic heterocycles. The average molecular weight is 132 g/mol. The van der Waals surface area contributed by atoms with Crippen LogP contribution in [0.1, 0.15) is 0 Å². The molecule has 0 saturated heterocycles. The van der Waals surface area contributed by atoms with Crippen molar-refractivity contribution in [2.45, 2.75) is 0 Å². The molecular weight excluding hydrogens is 124 g/mol. The minimum Gasteiger partial charge on any atom is -0.272 e. The molecule has 46 valence electrons. The Bertz CT molecular complexity index is 94.0. The number of rotatable bonds is 3. The highest BCUT2D eigenvalue weighted by atomic mass is 32.2. The second-order valence-corrected chi connectivity index (χ2v) is 1.99. The lowest BCUT2D eigenvalue weighted by Crippen LogP contribution is -2.18. The number of amides is 1. The van der Waals surface area contributed by atoms with Crippen molar-refractivity contribution < 1.29 is 4.79 Å². The van der Waals surface area contributed by atoms with Crippen LogP contribution in [0, 0.1) is 0 Å². The number of thioether (sulfide) groups is 1. The molecule has 4 heteroatoms. The van der Waals surface area contributed by atoms with Crippen molar-refractivity contribution in [1.29, 1.82) is 0 Å². The van der Waals surface area contributed by atoms with E-state index in [1.54, 1.807) is 0 Å². The van der Waals surface area contributed by atoms with Crippen LogP contribution in [0.3, 0.4) is 0 Å². The smallest absolute Gasteiger partial charge is 0.250 e. The van der Waals surface area contributed by atoms with E-state index >= 15 is 0 Å². The van der Waals surface area contributed by atoms with Crippen LogP contribution in [-0.2, 0) is 4.79 Å². The number of nitrogens with one attached hydrogen (secondary N) is 1. The van der Waals surface area contributed by atoms with Gasteiger partial charge in [0.05, 0.1) is 5.75 Å². The molecule has 0 aromatic carbocycles. The monoisotopic (exact) mass is 132 g/mol. The fourth-order valence-corrected chi connectivity index (χ4v) is 0.578. The Morgan fingerprint density at radius 1 is 2.00 bits per heavy atom. The summed E-state index contributed by atoms with van der Waals surface area (Å²) in [5, 5.41) is 3.19. The first-order valence-electron chi connectivity index (χ1n) is 2.04. The van der Waals surface area contributed by atoms with Crippen molar-refractivity contribution in [2.24, 2.45) is 5.10 Å². The normalized spacial score (nSPS) is 8.12. The van der Waals surface area contributed by atoms with Crippen molar-refractivity contribution in [1.82, 2.24) is 5.43 Å². The lowest BCUT2D eigenvalue weighted by atomic mass is 10.7. The van der Waals surface area contributed by atoms with Crippen LogP contribution < -0.4 is 5.43 Å². The van der Waals surface area contributed by atoms with Gasteiger partial charge in [0.25, 0.3) is 0 Å². The van der Waals surface area contributed by atoms with Gasteiger partial charge in [-0.3, -0.25) is 4.79 Å². The van der Waals surface area contributed by atoms with E-state index in [1.165, 1.54) is 11.8 Å². The molecule has 1 N–H and O–H groups in total. The van der Waals surface area contributed by atoms with Crippen LogP contribution in [-0.4, -0.2) is 24.6 Å². The molecule has 8 heavy (non-hydrogen) atoms. The molecule has 0 aliphatic carbocycles. The van der Waals surface area contributed by atoms with E-state index in [-0.39, 0.29) is 5.91 Å². The lowest BCUT2D eigenvalue weighted by molar-refractivity contribution is -0.118. The van der Waals surface area contributed by atoms with Gasteiger partial charge in [-0.25, -0.2) is 5.43 Å². The summed E-state index contributed by atoms with van der Waals surface area (Å²) in [6.45, 7) is 3.09. The van der Waals surface area contributed by atoms with E-state index in [1.807, 2.05) is 6.26 Å². The van der Waals surface area contributed by atoms with Crippen LogP contribution in [0.25, 0.3) is 0 Å². The van der Waals surface area contributed by atoms with Crippen molar-refractivity contribution in [3.8, 4) is 0 Å². The zero-order valence-corrected chi connectivity index (χ0v) is 5.49. The predicted octanol–water partition coefficient (Wildman–Crippen LogP) is 0.0812. The molecule has 0 unspecified atom stereocenters. The van der Waals surface area contributed by atoms with Gasteiger partial charge in [-0.1, -0.05) is 0 Å². The van der Waals surface area contributed by atoms with Crippen LogP contribution in [0.5, 0.6) is 0 Å². The fraction of sp³-hybridized carbons (Fsp3) is 0.500. The highest BCUT2D eigenvalue weighted by molar-refractivity contribution is 7.99. The second-order valence-electron chi connectivity index (χ2n) is 1.13. The molecule has 0 bridgehead atoms. The zero-order valence-electron chi connectivity index (χ0n) is 4.68. The number of hydrogen-bond acceptors (Lipinski definition) is 3. The van der Waals surface area contributed by atoms with Crippen LogP contribution in [0.2, 0.25) is 0 Å². The Morgan fingerprint density at radius 2 is 2.62 bits per heavy atom. The summed E-state index contributed by atoms with van der Waals surface area (Å²) in [7, 11) is 0. The lowest BCUT2D eigenvalue weighted by Gasteiger charge is -1.91. The maximum atomic E-state index is 10.4. The molecule has 0 rings (SSSR count). The van der Waals surface area contributed by atoms with Crippen molar-refractivity contribution in [3.63, 3.8) is 0 Å². The molecule has 3 nitrogen and oxygen atoms in total. The molecule has 0 spiro atoms. The standard InChI is InChI=1S/C4H8N2OS/c1-5-6-4(7)3-8-2/h1,3H2,2H3,(H,6,7). The van der Waals surface area contributed by atoms with E-state index in [4.69, 9.17) is 0 Å². The average Bonchev–Trinajstić information content (AvgIpc) is 1.68. The van der Waals surface area contributed by atoms with Crippen LogP contribution in [0.4, 0.5) is 0 Å². The first-order valence-corrected chi connectivity index (χ1v) is 3.44. The SMILES string of the molecule is C=NNC(=O)CSC. The highest BCUT2D eigenvalue weighted by Gasteiger charge is 1.92. The quantitative estimate of drug-likeness (QED) is 0.436. The van der Waals surface area contributed by atoms with E-state index in [9.17, 15) is 4.79 Å². The zero-order chi connectivity index (χ0) is 6.41. The van der Waals surface area contributed by atoms with Gasteiger partial charge in [0.1, 0.15) is 0 Å². The van der Waals surface area contributed by atoms with Gasteiger partial charge in [0.15, 0.2) is 0 Å². The first-order chi connectivity index (χ1) is 3.81. The molecule has 0 aliphatic rings. The Morgan fingerprint density at radius 3 is 3.00 bits per heavy atom. The topological polar surface area (TPSA) is 41.5 Å². The van der Waals surface area contributed by atoms with Gasteiger partial charge in [0.2, 0.25) is 5.91 Å². The number of carbonyl (C=O) groups excluding carboxylic acids is 1. The Kier molecular flexibility index (Phi) is 4.35. The largest absolute Gasteiger partial charge is 0.272 e. The van der Waals surface area contributed by atoms with Gasteiger partial charge >= 0.3 is 0 Å². The maximum absolute atomic E-state index is 10.4. The molecule has 0 saturated carbocycles. The third-order valence-electron chi connectivity index (χ3n) is 0.479. The van der Waals surface area contributed by atoms with Crippen LogP contribution in [0.15, 0.2) is 5.10 Å². The summed E-state index contributed by atoms with van der Waals surface area (Å²) in [6.07, 6.45) is 1.85. The summed E-state index contributed by atoms with van der Waals surface area (Å²) in [5.41, 5.74) is 2.20. The molecule has 0 radical (unpaired) electrons. The number of hydrazone groups is 1. The Labute approximate surface area is 52.5 Å². The molecule has 0 aromatic rings. The second kappa shape index (κ2) is 4.64. The van der Waals surface area contributed by atoms with Crippen LogP contribution >= 0.6 is 11.8 Å². The van der Waals surface area contributed by atoms with Gasteiger partial charge in [0, 0.05) is 6.72 Å². The van der Waals surface area contributed by atoms with Crippen molar-refractivity contribution >= 4 is 24.4 Å². The number of hydrogen-bond donors (Lipinski definition) is 1. The van der Waals surface area contributed by atoms with Gasteiger partial charge in [-0.05, 0) is 6.26 Å². The van der Waals surface area contributed by atoms with Crippen molar-refractivity contribution in [2.75, 3.05) is 12.0 Å². The molecule has 0 aliphatic heterocycles. The highest BCUT2D eigenvalue weighted by Crippen LogP contribution is 1.87. The predicted molar refractivity (Wildman–Crippen MR) is 36.1 cm³/mol. The Balaban J connectivity index is 3.18. The minimum absolute atomic E-state index is 0.104. The molecule has 0 atom stereocenters. The summed E-state index contributed by atoms with van der Waals surface area (Å²) in [5.74, 6) is 0.339. The van der Waals surface area contributed by atoms with Crippen molar-refractivity contribution in [3.05, 3.63) is 0 Å². The Hall–Kier alpha value is -0.510. The summed E-state index contributed by atoms with van der Waals surface area (Å²) >= 11 is 1.45. The maximum Gasteiger partial charge on any atom is 0.250 e. The van der Waals surface area contributed by atoms with E-state index < -0.39 is 0 Å². The van der Waals surface area contributed by atoms with E-state index in [0.717, 1.165) is 0 Å². The third-order valence-corrected chi connectivity index (χ3v) is 1.03. The fourth-order valence-electron chi connectivity index (χ4n) is 0.252. The van der Waals surface area contributed by atoms with Gasteiger partial charge in [-0.15, -0.1) is 0 Å². The molecule has 0 fully saturated rings. The van der Waals surface area contributed by atoms with E-state index in [2.05, 4.69) is 17.2 Å². The minimum atomic E-state index is -0.104. The molecule has 1 amide bonds. The number of nitrogens with zero attached hydrogens (tertiary/aromatic N) is 1. The summed E-state index contributed by atoms with van der Waals surface area (Å²) in [4.78, 5) is 10.4. The van der Waals surface area contributed by atoms with Gasteiger partial charge in [-0.2, -0.15) is 16.9 Å². The molecular formula is C4H8N2OS. The van der Waals surface area contributed by atoms with Gasteiger partial charge < -0.3 is 0 Å². The number of carbonyl (C=O) groups is 1. The third kappa shape index (κ3) is 3.67. The summed E-state index contributed by atoms with van der Waals surface area (Å²) in [6, 6.07) is 0.